The van der Waals surface area contributed by atoms with Crippen LogP contribution in [-0.4, -0.2) is 32.3 Å². The number of rotatable bonds is 12. The van der Waals surface area contributed by atoms with Crippen molar-refractivity contribution < 1.29 is 19.8 Å². The van der Waals surface area contributed by atoms with Gasteiger partial charge in [0.25, 0.3) is 0 Å². The van der Waals surface area contributed by atoms with Crippen LogP contribution < -0.4 is 5.32 Å². The molecule has 0 saturated carbocycles. The average molecular weight is 327 g/mol. The fourth-order valence-electron chi connectivity index (χ4n) is 1.49. The summed E-state index contributed by atoms with van der Waals surface area (Å²) in [5, 5.41) is 2.86. The van der Waals surface area contributed by atoms with Crippen LogP contribution in [0.3, 0.4) is 0 Å². The molecule has 0 spiro atoms. The highest BCUT2D eigenvalue weighted by Gasteiger charge is 2.19. The van der Waals surface area contributed by atoms with Crippen molar-refractivity contribution in [3.8, 4) is 0 Å². The van der Waals surface area contributed by atoms with Crippen LogP contribution >= 0.6 is 6.72 Å². The van der Waals surface area contributed by atoms with E-state index in [4.69, 9.17) is 25.4 Å². The summed E-state index contributed by atoms with van der Waals surface area (Å²) in [6.45, 7) is 4.42. The lowest BCUT2D eigenvalue weighted by Crippen LogP contribution is -2.23. The summed E-state index contributed by atoms with van der Waals surface area (Å²) < 4.78 is 16.2. The molecule has 7 heteroatoms. The van der Waals surface area contributed by atoms with E-state index >= 15 is 0 Å². The van der Waals surface area contributed by atoms with Crippen molar-refractivity contribution in [2.75, 3.05) is 20.3 Å². The fraction of sp³-hybridized carbons (Fsp3) is 0.923. The van der Waals surface area contributed by atoms with E-state index in [-0.39, 0.29) is 13.4 Å². The largest absolute Gasteiger partial charge is 0.356 e. The van der Waals surface area contributed by atoms with Gasteiger partial charge in [-0.15, -0.1) is 0 Å². The number of nitrogens with one attached hydrogen (secondary N) is 1. The number of hydrogen-bond donors (Lipinski definition) is 1. The molecule has 0 aromatic carbocycles. The molecule has 20 heavy (non-hydrogen) atoms. The molecule has 1 atom stereocenters. The van der Waals surface area contributed by atoms with Gasteiger partial charge >= 0.3 is 6.72 Å². The van der Waals surface area contributed by atoms with Crippen molar-refractivity contribution in [3.05, 3.63) is 0 Å². The molecule has 1 unspecified atom stereocenters. The van der Waals surface area contributed by atoms with Gasteiger partial charge in [-0.05, 0) is 38.5 Å². The molecule has 0 aromatic heterocycles. The first-order valence-electron chi connectivity index (χ1n) is 7.19. The maximum Gasteiger partial charge on any atom is 0.327 e. The molecular formula is C13H30NO4PS. The van der Waals surface area contributed by atoms with Crippen molar-refractivity contribution in [1.82, 2.24) is 5.32 Å². The molecule has 0 saturated heterocycles. The van der Waals surface area contributed by atoms with E-state index in [9.17, 15) is 4.79 Å². The van der Waals surface area contributed by atoms with Crippen LogP contribution in [0.1, 0.15) is 54.3 Å². The van der Waals surface area contributed by atoms with Gasteiger partial charge in [0.1, 0.15) is 0 Å². The third-order valence-electron chi connectivity index (χ3n) is 2.53. The van der Waals surface area contributed by atoms with Gasteiger partial charge in [-0.25, -0.2) is 0 Å². The van der Waals surface area contributed by atoms with Crippen molar-refractivity contribution in [2.45, 2.75) is 59.0 Å². The Bertz CT molecular complexity index is 319. The van der Waals surface area contributed by atoms with E-state index in [0.29, 0.717) is 13.0 Å². The summed E-state index contributed by atoms with van der Waals surface area (Å²) in [6, 6.07) is 0. The van der Waals surface area contributed by atoms with E-state index in [1.807, 2.05) is 20.8 Å². The Morgan fingerprint density at radius 3 is 2.50 bits per heavy atom. The predicted octanol–water partition coefficient (Wildman–Crippen LogP) is 3.63. The lowest BCUT2D eigenvalue weighted by molar-refractivity contribution is -0.120. The summed E-state index contributed by atoms with van der Waals surface area (Å²) in [5.41, 5.74) is 0. The van der Waals surface area contributed by atoms with Crippen molar-refractivity contribution in [1.29, 1.82) is 0 Å². The summed E-state index contributed by atoms with van der Waals surface area (Å²) in [4.78, 5) is 11.0. The van der Waals surface area contributed by atoms with E-state index in [0.717, 1.165) is 32.2 Å². The molecule has 0 aliphatic carbocycles. The summed E-state index contributed by atoms with van der Waals surface area (Å²) in [7, 11) is 1.53. The maximum absolute atomic E-state index is 11.0. The molecule has 1 N–H and O–H groups in total. The quantitative estimate of drug-likeness (QED) is 0.438. The van der Waals surface area contributed by atoms with Crippen molar-refractivity contribution >= 4 is 24.4 Å². The summed E-state index contributed by atoms with van der Waals surface area (Å²) in [6.07, 6.45) is 4.57. The van der Waals surface area contributed by atoms with Crippen molar-refractivity contribution in [2.24, 2.45) is 0 Å². The highest BCUT2D eigenvalue weighted by molar-refractivity contribution is 8.07. The minimum Gasteiger partial charge on any atom is -0.356 e. The monoisotopic (exact) mass is 327 g/mol. The van der Waals surface area contributed by atoms with Crippen LogP contribution in [0, 0.1) is 0 Å². The van der Waals surface area contributed by atoms with Gasteiger partial charge in [0.05, 0.1) is 12.7 Å². The molecule has 0 rings (SSSR count). The number of carbonyl (C=O) groups is 1. The Balaban J connectivity index is 0. The Kier molecular flexibility index (Phi) is 11.6. The van der Waals surface area contributed by atoms with Gasteiger partial charge < -0.3 is 18.9 Å². The number of hydrogen-bond acceptors (Lipinski definition) is 5. The summed E-state index contributed by atoms with van der Waals surface area (Å²) in [5.74, 6) is 0.111. The van der Waals surface area contributed by atoms with Crippen LogP contribution in [0.2, 0.25) is 0 Å². The van der Waals surface area contributed by atoms with Crippen LogP contribution in [0.25, 0.3) is 0 Å². The molecule has 0 heterocycles. The Labute approximate surface area is 129 Å². The normalized spacial score (nSPS) is 14.2. The second-order valence-electron chi connectivity index (χ2n) is 4.73. The standard InChI is InChI=1S/C13H28NO4PS.H2/c1-5-13(15)14-10-8-6-7-9-11-17-19(20,16-4)18-12(2)3;/h12H,5-11H2,1-4H3,(H,14,15);1H. The average Bonchev–Trinajstić information content (AvgIpc) is 2.40. The van der Waals surface area contributed by atoms with Gasteiger partial charge in [0.15, 0.2) is 0 Å². The molecule has 0 aromatic rings. The fourth-order valence-corrected chi connectivity index (χ4v) is 3.36. The van der Waals surface area contributed by atoms with Gasteiger partial charge in [-0.1, -0.05) is 19.8 Å². The van der Waals surface area contributed by atoms with Gasteiger partial charge in [-0.3, -0.25) is 4.79 Å². The Morgan fingerprint density at radius 2 is 1.95 bits per heavy atom. The molecule has 1 amide bonds. The van der Waals surface area contributed by atoms with Gasteiger partial charge in [0, 0.05) is 21.5 Å². The molecule has 0 radical (unpaired) electrons. The lowest BCUT2D eigenvalue weighted by atomic mass is 10.2. The molecular weight excluding hydrogens is 297 g/mol. The smallest absolute Gasteiger partial charge is 0.327 e. The third kappa shape index (κ3) is 10.7. The minimum absolute atomic E-state index is 0. The topological polar surface area (TPSA) is 56.8 Å². The highest BCUT2D eigenvalue weighted by Crippen LogP contribution is 2.50. The van der Waals surface area contributed by atoms with Crippen molar-refractivity contribution in [3.63, 3.8) is 0 Å². The molecule has 0 bridgehead atoms. The second-order valence-corrected chi connectivity index (χ2v) is 7.81. The zero-order valence-corrected chi connectivity index (χ0v) is 14.7. The first kappa shape index (κ1) is 20.0. The van der Waals surface area contributed by atoms with Gasteiger partial charge in [0.2, 0.25) is 5.91 Å². The molecule has 0 fully saturated rings. The van der Waals surface area contributed by atoms with E-state index < -0.39 is 6.72 Å². The van der Waals surface area contributed by atoms with Gasteiger partial charge in [-0.2, -0.15) is 0 Å². The third-order valence-corrected chi connectivity index (χ3v) is 5.17. The van der Waals surface area contributed by atoms with E-state index in [2.05, 4.69) is 5.32 Å². The minimum atomic E-state index is -2.56. The first-order valence-corrected chi connectivity index (χ1v) is 9.74. The number of amides is 1. The number of carbonyl (C=O) groups excluding carboxylic acids is 1. The lowest BCUT2D eigenvalue weighted by Gasteiger charge is -2.21. The molecule has 0 aliphatic heterocycles. The predicted molar refractivity (Wildman–Crippen MR) is 87.3 cm³/mol. The van der Waals surface area contributed by atoms with E-state index in [1.54, 1.807) is 0 Å². The first-order chi connectivity index (χ1) is 9.43. The zero-order chi connectivity index (χ0) is 15.4. The maximum atomic E-state index is 11.0. The van der Waals surface area contributed by atoms with Crippen LogP contribution in [0.15, 0.2) is 0 Å². The zero-order valence-electron chi connectivity index (χ0n) is 13.0. The van der Waals surface area contributed by atoms with Crippen LogP contribution in [0.4, 0.5) is 0 Å². The van der Waals surface area contributed by atoms with Crippen LogP contribution in [0.5, 0.6) is 0 Å². The van der Waals surface area contributed by atoms with Crippen LogP contribution in [-0.2, 0) is 30.2 Å². The highest BCUT2D eigenvalue weighted by atomic mass is 32.5. The molecule has 0 aliphatic rings. The Hall–Kier alpha value is -0.0000000000000000694. The molecule has 122 valence electrons. The SMILES string of the molecule is CCC(=O)NCCCCCCOP(=S)(OC)OC(C)C.[HH]. The Morgan fingerprint density at radius 1 is 1.30 bits per heavy atom. The summed E-state index contributed by atoms with van der Waals surface area (Å²) >= 11 is 5.24. The van der Waals surface area contributed by atoms with E-state index in [1.165, 1.54) is 7.11 Å². The second kappa shape index (κ2) is 11.6. The number of unbranched alkanes of at least 4 members (excludes halogenated alkanes) is 3. The molecule has 5 nitrogen and oxygen atoms in total.